The quantitative estimate of drug-likeness (QED) is 0.748. The topological polar surface area (TPSA) is 55.5 Å². The van der Waals surface area contributed by atoms with Crippen molar-refractivity contribution >= 4 is 0 Å². The second-order valence-electron chi connectivity index (χ2n) is 3.21. The number of rotatable bonds is 5. The number of hydrogen-bond donors (Lipinski definition) is 2. The molecule has 3 heteroatoms. The average molecular weight is 195 g/mol. The van der Waals surface area contributed by atoms with E-state index in [1.807, 2.05) is 24.3 Å². The predicted molar refractivity (Wildman–Crippen MR) is 56.2 cm³/mol. The van der Waals surface area contributed by atoms with Gasteiger partial charge >= 0.3 is 0 Å². The second kappa shape index (κ2) is 5.62. The lowest BCUT2D eigenvalue weighted by atomic mass is 10.1. The van der Waals surface area contributed by atoms with Crippen LogP contribution in [0, 0.1) is 0 Å². The van der Waals surface area contributed by atoms with E-state index in [2.05, 4.69) is 6.92 Å². The minimum absolute atomic E-state index is 0.0444. The Labute approximate surface area is 84.5 Å². The first kappa shape index (κ1) is 11.0. The van der Waals surface area contributed by atoms with Gasteiger partial charge in [-0.25, -0.2) is 0 Å². The van der Waals surface area contributed by atoms with Gasteiger partial charge in [-0.1, -0.05) is 19.1 Å². The van der Waals surface area contributed by atoms with Crippen LogP contribution in [0.2, 0.25) is 0 Å². The molecule has 0 saturated heterocycles. The third kappa shape index (κ3) is 3.01. The van der Waals surface area contributed by atoms with Crippen molar-refractivity contribution in [3.05, 3.63) is 29.8 Å². The first-order chi connectivity index (χ1) is 6.77. The SMILES string of the molecule is CCCOc1cccc(C(N)CO)c1. The van der Waals surface area contributed by atoms with E-state index in [0.717, 1.165) is 17.7 Å². The summed E-state index contributed by atoms with van der Waals surface area (Å²) >= 11 is 0. The third-order valence-corrected chi connectivity index (χ3v) is 1.96. The number of aliphatic hydroxyl groups excluding tert-OH is 1. The highest BCUT2D eigenvalue weighted by Gasteiger charge is 2.04. The summed E-state index contributed by atoms with van der Waals surface area (Å²) in [4.78, 5) is 0. The van der Waals surface area contributed by atoms with Gasteiger partial charge in [-0.2, -0.15) is 0 Å². The number of nitrogens with two attached hydrogens (primary N) is 1. The molecule has 0 aliphatic carbocycles. The van der Waals surface area contributed by atoms with Crippen LogP contribution in [0.25, 0.3) is 0 Å². The fourth-order valence-corrected chi connectivity index (χ4v) is 1.16. The van der Waals surface area contributed by atoms with Crippen LogP contribution in [-0.2, 0) is 0 Å². The third-order valence-electron chi connectivity index (χ3n) is 1.96. The van der Waals surface area contributed by atoms with Crippen molar-refractivity contribution in [1.29, 1.82) is 0 Å². The molecule has 0 heterocycles. The minimum Gasteiger partial charge on any atom is -0.494 e. The summed E-state index contributed by atoms with van der Waals surface area (Å²) in [6.45, 7) is 2.72. The van der Waals surface area contributed by atoms with Crippen molar-refractivity contribution in [2.45, 2.75) is 19.4 Å². The summed E-state index contributed by atoms with van der Waals surface area (Å²) in [5.74, 6) is 0.813. The first-order valence-electron chi connectivity index (χ1n) is 4.87. The Balaban J connectivity index is 2.68. The molecule has 1 aromatic rings. The van der Waals surface area contributed by atoms with E-state index >= 15 is 0 Å². The van der Waals surface area contributed by atoms with E-state index in [0.29, 0.717) is 6.61 Å². The molecule has 0 amide bonds. The highest BCUT2D eigenvalue weighted by atomic mass is 16.5. The molecule has 1 rings (SSSR count). The summed E-state index contributed by atoms with van der Waals surface area (Å²) in [6, 6.07) is 7.22. The maximum atomic E-state index is 8.89. The van der Waals surface area contributed by atoms with Gasteiger partial charge < -0.3 is 15.6 Å². The fourth-order valence-electron chi connectivity index (χ4n) is 1.16. The van der Waals surface area contributed by atoms with Crippen LogP contribution in [0.5, 0.6) is 5.75 Å². The number of ether oxygens (including phenoxy) is 1. The van der Waals surface area contributed by atoms with Crippen molar-refractivity contribution in [1.82, 2.24) is 0 Å². The lowest BCUT2D eigenvalue weighted by Gasteiger charge is -2.10. The summed E-state index contributed by atoms with van der Waals surface area (Å²) < 4.78 is 5.45. The number of benzene rings is 1. The van der Waals surface area contributed by atoms with Crippen LogP contribution >= 0.6 is 0 Å². The standard InChI is InChI=1S/C11H17NO2/c1-2-6-14-10-5-3-4-9(7-10)11(12)8-13/h3-5,7,11,13H,2,6,8,12H2,1H3. The fraction of sp³-hybridized carbons (Fsp3) is 0.455. The highest BCUT2D eigenvalue weighted by Crippen LogP contribution is 2.17. The molecule has 3 nitrogen and oxygen atoms in total. The molecule has 78 valence electrons. The van der Waals surface area contributed by atoms with Gasteiger partial charge in [0.15, 0.2) is 0 Å². The van der Waals surface area contributed by atoms with E-state index in [1.165, 1.54) is 0 Å². The van der Waals surface area contributed by atoms with Crippen molar-refractivity contribution < 1.29 is 9.84 Å². The Morgan fingerprint density at radius 3 is 2.93 bits per heavy atom. The van der Waals surface area contributed by atoms with Crippen LogP contribution in [0.15, 0.2) is 24.3 Å². The van der Waals surface area contributed by atoms with Crippen molar-refractivity contribution in [3.63, 3.8) is 0 Å². The largest absolute Gasteiger partial charge is 0.494 e. The van der Waals surface area contributed by atoms with E-state index in [-0.39, 0.29) is 12.6 Å². The molecule has 0 bridgehead atoms. The zero-order valence-electron chi connectivity index (χ0n) is 8.44. The van der Waals surface area contributed by atoms with Crippen LogP contribution in [-0.4, -0.2) is 18.3 Å². The van der Waals surface area contributed by atoms with E-state index in [1.54, 1.807) is 0 Å². The molecule has 1 unspecified atom stereocenters. The van der Waals surface area contributed by atoms with Gasteiger partial charge in [-0.05, 0) is 24.1 Å². The Morgan fingerprint density at radius 1 is 1.50 bits per heavy atom. The summed E-state index contributed by atoms with van der Waals surface area (Å²) in [5.41, 5.74) is 6.59. The summed E-state index contributed by atoms with van der Waals surface area (Å²) in [7, 11) is 0. The molecule has 0 saturated carbocycles. The zero-order valence-corrected chi connectivity index (χ0v) is 8.44. The summed E-state index contributed by atoms with van der Waals surface area (Å²) in [6.07, 6.45) is 0.982. The Morgan fingerprint density at radius 2 is 2.29 bits per heavy atom. The zero-order chi connectivity index (χ0) is 10.4. The second-order valence-corrected chi connectivity index (χ2v) is 3.21. The van der Waals surface area contributed by atoms with Gasteiger partial charge in [-0.3, -0.25) is 0 Å². The monoisotopic (exact) mass is 195 g/mol. The smallest absolute Gasteiger partial charge is 0.119 e. The van der Waals surface area contributed by atoms with Gasteiger partial charge in [-0.15, -0.1) is 0 Å². The van der Waals surface area contributed by atoms with E-state index in [9.17, 15) is 0 Å². The van der Waals surface area contributed by atoms with E-state index in [4.69, 9.17) is 15.6 Å². The van der Waals surface area contributed by atoms with Crippen LogP contribution in [0.1, 0.15) is 24.9 Å². The number of hydrogen-bond acceptors (Lipinski definition) is 3. The maximum Gasteiger partial charge on any atom is 0.119 e. The molecule has 0 fully saturated rings. The Bertz CT molecular complexity index is 276. The molecule has 14 heavy (non-hydrogen) atoms. The molecule has 0 aliphatic rings. The molecule has 0 spiro atoms. The Hall–Kier alpha value is -1.06. The van der Waals surface area contributed by atoms with Crippen molar-refractivity contribution in [2.75, 3.05) is 13.2 Å². The maximum absolute atomic E-state index is 8.89. The molecule has 1 aromatic carbocycles. The molecular weight excluding hydrogens is 178 g/mol. The van der Waals surface area contributed by atoms with Crippen molar-refractivity contribution in [2.24, 2.45) is 5.73 Å². The Kier molecular flexibility index (Phi) is 4.43. The van der Waals surface area contributed by atoms with Crippen LogP contribution in [0.4, 0.5) is 0 Å². The summed E-state index contributed by atoms with van der Waals surface area (Å²) in [5, 5.41) is 8.89. The van der Waals surface area contributed by atoms with Crippen LogP contribution < -0.4 is 10.5 Å². The first-order valence-corrected chi connectivity index (χ1v) is 4.87. The van der Waals surface area contributed by atoms with Gasteiger partial charge in [0.1, 0.15) is 5.75 Å². The molecule has 0 aliphatic heterocycles. The minimum atomic E-state index is -0.319. The van der Waals surface area contributed by atoms with Crippen molar-refractivity contribution in [3.8, 4) is 5.75 Å². The normalized spacial score (nSPS) is 12.5. The van der Waals surface area contributed by atoms with Gasteiger partial charge in [0.2, 0.25) is 0 Å². The molecular formula is C11H17NO2. The van der Waals surface area contributed by atoms with Gasteiger partial charge in [0.25, 0.3) is 0 Å². The molecule has 3 N–H and O–H groups in total. The highest BCUT2D eigenvalue weighted by molar-refractivity contribution is 5.30. The average Bonchev–Trinajstić information content (AvgIpc) is 2.25. The predicted octanol–water partition coefficient (Wildman–Crippen LogP) is 1.47. The van der Waals surface area contributed by atoms with Crippen LogP contribution in [0.3, 0.4) is 0 Å². The molecule has 1 atom stereocenters. The lowest BCUT2D eigenvalue weighted by Crippen LogP contribution is -2.14. The van der Waals surface area contributed by atoms with E-state index < -0.39 is 0 Å². The van der Waals surface area contributed by atoms with Gasteiger partial charge in [0, 0.05) is 0 Å². The van der Waals surface area contributed by atoms with Gasteiger partial charge in [0.05, 0.1) is 19.3 Å². The molecule has 0 radical (unpaired) electrons. The molecule has 0 aromatic heterocycles. The number of aliphatic hydroxyl groups is 1. The lowest BCUT2D eigenvalue weighted by molar-refractivity contribution is 0.267.